The van der Waals surface area contributed by atoms with Gasteiger partial charge in [-0.25, -0.2) is 9.78 Å². The van der Waals surface area contributed by atoms with Gasteiger partial charge in [-0.3, -0.25) is 0 Å². The lowest BCUT2D eigenvalue weighted by molar-refractivity contribution is 0.0697. The maximum atomic E-state index is 10.9. The van der Waals surface area contributed by atoms with Gasteiger partial charge in [0.1, 0.15) is 5.01 Å². The van der Waals surface area contributed by atoms with Crippen LogP contribution in [0.15, 0.2) is 42.5 Å². The molecule has 118 valence electrons. The second-order valence-electron chi connectivity index (χ2n) is 5.43. The monoisotopic (exact) mass is 327 g/mol. The van der Waals surface area contributed by atoms with Gasteiger partial charge < -0.3 is 10.2 Å². The predicted molar refractivity (Wildman–Crippen MR) is 91.9 cm³/mol. The fourth-order valence-electron chi connectivity index (χ4n) is 2.47. The van der Waals surface area contributed by atoms with Gasteiger partial charge in [0.05, 0.1) is 21.9 Å². The third-order valence-electron chi connectivity index (χ3n) is 3.74. The third-order valence-corrected chi connectivity index (χ3v) is 4.81. The number of hydrogen-bond acceptors (Lipinski definition) is 4. The van der Waals surface area contributed by atoms with Gasteiger partial charge in [0.25, 0.3) is 0 Å². The molecule has 0 aliphatic rings. The number of hydrogen-bond donors (Lipinski definition) is 2. The van der Waals surface area contributed by atoms with E-state index in [0.717, 1.165) is 39.2 Å². The highest BCUT2D eigenvalue weighted by Gasteiger charge is 2.11. The van der Waals surface area contributed by atoms with E-state index in [-0.39, 0.29) is 5.56 Å². The highest BCUT2D eigenvalue weighted by molar-refractivity contribution is 7.21. The van der Waals surface area contributed by atoms with Crippen LogP contribution in [-0.2, 0) is 0 Å². The van der Waals surface area contributed by atoms with Crippen LogP contribution in [0.1, 0.15) is 41.8 Å². The molecule has 1 atom stereocenters. The Hall–Kier alpha value is -2.24. The summed E-state index contributed by atoms with van der Waals surface area (Å²) >= 11 is 1.54. The maximum absolute atomic E-state index is 10.9. The number of aliphatic hydroxyl groups excluding tert-OH is 1. The highest BCUT2D eigenvalue weighted by Crippen LogP contribution is 2.32. The highest BCUT2D eigenvalue weighted by atomic mass is 32.1. The van der Waals surface area contributed by atoms with E-state index in [2.05, 4.69) is 4.98 Å². The lowest BCUT2D eigenvalue weighted by Gasteiger charge is -2.08. The normalized spacial score (nSPS) is 12.4. The SMILES string of the molecule is CCCC(O)c1ccc2nc(-c3ccc(C(=O)O)cc3)sc2c1. The van der Waals surface area contributed by atoms with E-state index >= 15 is 0 Å². The van der Waals surface area contributed by atoms with Crippen LogP contribution in [0.25, 0.3) is 20.8 Å². The Balaban J connectivity index is 1.94. The number of carboxylic acids is 1. The molecule has 0 aliphatic heterocycles. The van der Waals surface area contributed by atoms with Crippen molar-refractivity contribution in [2.24, 2.45) is 0 Å². The first-order valence-corrected chi connectivity index (χ1v) is 8.32. The summed E-state index contributed by atoms with van der Waals surface area (Å²) in [6.07, 6.45) is 1.24. The molecule has 23 heavy (non-hydrogen) atoms. The Morgan fingerprint density at radius 2 is 1.96 bits per heavy atom. The van der Waals surface area contributed by atoms with Gasteiger partial charge in [-0.15, -0.1) is 11.3 Å². The zero-order valence-electron chi connectivity index (χ0n) is 12.7. The van der Waals surface area contributed by atoms with Crippen molar-refractivity contribution >= 4 is 27.5 Å². The molecule has 0 amide bonds. The number of thiazole rings is 1. The minimum absolute atomic E-state index is 0.264. The largest absolute Gasteiger partial charge is 0.478 e. The Morgan fingerprint density at radius 1 is 1.22 bits per heavy atom. The molecule has 0 radical (unpaired) electrons. The molecular weight excluding hydrogens is 310 g/mol. The van der Waals surface area contributed by atoms with Crippen LogP contribution in [0.3, 0.4) is 0 Å². The Bertz CT molecular complexity index is 839. The van der Waals surface area contributed by atoms with Crippen molar-refractivity contribution in [3.8, 4) is 10.6 Å². The quantitative estimate of drug-likeness (QED) is 0.724. The smallest absolute Gasteiger partial charge is 0.335 e. The van der Waals surface area contributed by atoms with Crippen molar-refractivity contribution in [3.05, 3.63) is 53.6 Å². The van der Waals surface area contributed by atoms with E-state index in [1.807, 2.05) is 25.1 Å². The summed E-state index contributed by atoms with van der Waals surface area (Å²) in [7, 11) is 0. The molecule has 0 bridgehead atoms. The van der Waals surface area contributed by atoms with Gasteiger partial charge in [-0.05, 0) is 36.2 Å². The van der Waals surface area contributed by atoms with Crippen LogP contribution in [0, 0.1) is 0 Å². The molecule has 5 heteroatoms. The number of nitrogens with zero attached hydrogens (tertiary/aromatic N) is 1. The summed E-state index contributed by atoms with van der Waals surface area (Å²) in [5.41, 5.74) is 2.96. The first-order chi connectivity index (χ1) is 11.1. The summed E-state index contributed by atoms with van der Waals surface area (Å²) in [5, 5.41) is 19.9. The van der Waals surface area contributed by atoms with Crippen LogP contribution in [-0.4, -0.2) is 21.2 Å². The van der Waals surface area contributed by atoms with Crippen molar-refractivity contribution in [1.29, 1.82) is 0 Å². The van der Waals surface area contributed by atoms with E-state index in [1.54, 1.807) is 35.6 Å². The summed E-state index contributed by atoms with van der Waals surface area (Å²) < 4.78 is 1.02. The van der Waals surface area contributed by atoms with Crippen LogP contribution in [0.4, 0.5) is 0 Å². The fourth-order valence-corrected chi connectivity index (χ4v) is 3.49. The number of aromatic carboxylic acids is 1. The average molecular weight is 327 g/mol. The van der Waals surface area contributed by atoms with Crippen LogP contribution >= 0.6 is 11.3 Å². The predicted octanol–water partition coefficient (Wildman–Crippen LogP) is 4.50. The van der Waals surface area contributed by atoms with Gasteiger partial charge in [-0.1, -0.05) is 31.5 Å². The molecule has 3 rings (SSSR count). The molecule has 4 nitrogen and oxygen atoms in total. The van der Waals surface area contributed by atoms with E-state index in [4.69, 9.17) is 5.11 Å². The third kappa shape index (κ3) is 3.25. The van der Waals surface area contributed by atoms with E-state index in [0.29, 0.717) is 0 Å². The first-order valence-electron chi connectivity index (χ1n) is 7.50. The first kappa shape index (κ1) is 15.6. The fraction of sp³-hybridized carbons (Fsp3) is 0.222. The average Bonchev–Trinajstić information content (AvgIpc) is 2.98. The van der Waals surface area contributed by atoms with Crippen molar-refractivity contribution < 1.29 is 15.0 Å². The molecule has 1 aromatic heterocycles. The molecule has 3 aromatic rings. The zero-order valence-corrected chi connectivity index (χ0v) is 13.5. The van der Waals surface area contributed by atoms with E-state index in [9.17, 15) is 9.90 Å². The molecule has 0 saturated carbocycles. The minimum atomic E-state index is -0.935. The minimum Gasteiger partial charge on any atom is -0.478 e. The lowest BCUT2D eigenvalue weighted by Crippen LogP contribution is -1.95. The molecule has 1 heterocycles. The molecule has 0 saturated heterocycles. The molecular formula is C18H17NO3S. The topological polar surface area (TPSA) is 70.4 Å². The van der Waals surface area contributed by atoms with Gasteiger partial charge >= 0.3 is 5.97 Å². The summed E-state index contributed by atoms with van der Waals surface area (Å²) in [4.78, 5) is 15.5. The van der Waals surface area contributed by atoms with Crippen LogP contribution < -0.4 is 0 Å². The maximum Gasteiger partial charge on any atom is 0.335 e. The van der Waals surface area contributed by atoms with Crippen LogP contribution in [0.5, 0.6) is 0 Å². The Labute approximate surface area is 138 Å². The van der Waals surface area contributed by atoms with E-state index < -0.39 is 12.1 Å². The van der Waals surface area contributed by atoms with Gasteiger partial charge in [-0.2, -0.15) is 0 Å². The second kappa shape index (κ2) is 6.48. The summed E-state index contributed by atoms with van der Waals surface area (Å²) in [5.74, 6) is -0.935. The van der Waals surface area contributed by atoms with E-state index in [1.165, 1.54) is 0 Å². The number of benzene rings is 2. The molecule has 1 unspecified atom stereocenters. The number of carbonyl (C=O) groups is 1. The number of fused-ring (bicyclic) bond motifs is 1. The summed E-state index contributed by atoms with van der Waals surface area (Å²) in [6, 6.07) is 12.5. The number of rotatable bonds is 5. The molecule has 0 spiro atoms. The Kier molecular flexibility index (Phi) is 4.41. The molecule has 0 aliphatic carbocycles. The Morgan fingerprint density at radius 3 is 2.61 bits per heavy atom. The number of aromatic nitrogens is 1. The number of aliphatic hydroxyl groups is 1. The number of carboxylic acid groups (broad SMARTS) is 1. The molecule has 2 aromatic carbocycles. The van der Waals surface area contributed by atoms with Gasteiger partial charge in [0.2, 0.25) is 0 Å². The van der Waals surface area contributed by atoms with Crippen molar-refractivity contribution in [1.82, 2.24) is 4.98 Å². The van der Waals surface area contributed by atoms with Gasteiger partial charge in [0, 0.05) is 5.56 Å². The van der Waals surface area contributed by atoms with Crippen molar-refractivity contribution in [3.63, 3.8) is 0 Å². The molecule has 2 N–H and O–H groups in total. The van der Waals surface area contributed by atoms with Crippen molar-refractivity contribution in [2.45, 2.75) is 25.9 Å². The summed E-state index contributed by atoms with van der Waals surface area (Å²) in [6.45, 7) is 2.05. The standard InChI is InChI=1S/C18H17NO3S/c1-2-3-15(20)13-8-9-14-16(10-13)23-17(19-14)11-4-6-12(7-5-11)18(21)22/h4-10,15,20H,2-3H2,1H3,(H,21,22). The van der Waals surface area contributed by atoms with Gasteiger partial charge in [0.15, 0.2) is 0 Å². The lowest BCUT2D eigenvalue weighted by atomic mass is 10.1. The van der Waals surface area contributed by atoms with Crippen LogP contribution in [0.2, 0.25) is 0 Å². The van der Waals surface area contributed by atoms with Crippen molar-refractivity contribution in [2.75, 3.05) is 0 Å². The second-order valence-corrected chi connectivity index (χ2v) is 6.46. The molecule has 0 fully saturated rings. The zero-order chi connectivity index (χ0) is 16.4.